The molecular weight excluding hydrogens is 326 g/mol. The summed E-state index contributed by atoms with van der Waals surface area (Å²) in [4.78, 5) is 0. The average molecular weight is 347 g/mol. The van der Waals surface area contributed by atoms with E-state index in [1.165, 1.54) is 38.7 Å². The minimum Gasteiger partial charge on any atom is -0.355 e. The monoisotopic (exact) mass is 347 g/mol. The van der Waals surface area contributed by atoms with Gasteiger partial charge in [-0.05, 0) is 52.4 Å². The molecule has 0 spiro atoms. The van der Waals surface area contributed by atoms with Crippen LogP contribution in [0.25, 0.3) is 27.6 Å². The van der Waals surface area contributed by atoms with Gasteiger partial charge < -0.3 is 5.32 Å². The van der Waals surface area contributed by atoms with E-state index in [1.807, 2.05) is 0 Å². The second kappa shape index (κ2) is 6.77. The third-order valence-electron chi connectivity index (χ3n) is 5.33. The van der Waals surface area contributed by atoms with E-state index in [-0.39, 0.29) is 0 Å². The molecule has 0 amide bonds. The standard InChI is InChI=1S/C26H21N/c1-3-11-23-19(7-1)9-5-13-24(23)21-15-17-22(18-16-21)27-26-14-6-10-20-8-2-4-12-25(20)26/h1-5,7-9,11-18,27H,6,10H2. The molecule has 0 radical (unpaired) electrons. The number of anilines is 1. The van der Waals surface area contributed by atoms with E-state index in [4.69, 9.17) is 0 Å². The fraction of sp³-hybridized carbons (Fsp3) is 0.0769. The van der Waals surface area contributed by atoms with Gasteiger partial charge in [-0.25, -0.2) is 0 Å². The Bertz CT molecular complexity index is 1130. The summed E-state index contributed by atoms with van der Waals surface area (Å²) >= 11 is 0. The number of fused-ring (bicyclic) bond motifs is 2. The van der Waals surface area contributed by atoms with Gasteiger partial charge in [-0.1, -0.05) is 84.9 Å². The lowest BCUT2D eigenvalue weighted by molar-refractivity contribution is 0.976. The zero-order chi connectivity index (χ0) is 18.1. The van der Waals surface area contributed by atoms with Gasteiger partial charge in [0.25, 0.3) is 0 Å². The number of aryl methyl sites for hydroxylation is 1. The molecular formula is C26H21N. The molecule has 4 aromatic carbocycles. The Morgan fingerprint density at radius 3 is 2.30 bits per heavy atom. The van der Waals surface area contributed by atoms with Crippen LogP contribution >= 0.6 is 0 Å². The van der Waals surface area contributed by atoms with E-state index in [1.54, 1.807) is 0 Å². The Morgan fingerprint density at radius 1 is 0.630 bits per heavy atom. The lowest BCUT2D eigenvalue weighted by Gasteiger charge is -2.19. The van der Waals surface area contributed by atoms with Crippen molar-refractivity contribution in [1.29, 1.82) is 0 Å². The van der Waals surface area contributed by atoms with Crippen molar-refractivity contribution < 1.29 is 0 Å². The first-order chi connectivity index (χ1) is 13.4. The van der Waals surface area contributed by atoms with Gasteiger partial charge in [-0.15, -0.1) is 0 Å². The first kappa shape index (κ1) is 15.9. The summed E-state index contributed by atoms with van der Waals surface area (Å²) in [7, 11) is 0. The van der Waals surface area contributed by atoms with Crippen molar-refractivity contribution in [2.75, 3.05) is 5.32 Å². The van der Waals surface area contributed by atoms with Crippen molar-refractivity contribution in [2.45, 2.75) is 12.8 Å². The summed E-state index contributed by atoms with van der Waals surface area (Å²) in [6.07, 6.45) is 4.52. The Balaban J connectivity index is 1.45. The van der Waals surface area contributed by atoms with E-state index in [0.717, 1.165) is 18.5 Å². The van der Waals surface area contributed by atoms with E-state index in [0.29, 0.717) is 0 Å². The molecule has 0 saturated carbocycles. The van der Waals surface area contributed by atoms with Crippen LogP contribution in [-0.4, -0.2) is 0 Å². The van der Waals surface area contributed by atoms with Crippen LogP contribution in [0.15, 0.2) is 97.1 Å². The number of benzene rings is 4. The lowest BCUT2D eigenvalue weighted by Crippen LogP contribution is -2.06. The molecule has 0 aromatic heterocycles. The normalized spacial score (nSPS) is 13.1. The lowest BCUT2D eigenvalue weighted by atomic mass is 9.94. The molecule has 0 fully saturated rings. The van der Waals surface area contributed by atoms with Crippen molar-refractivity contribution >= 4 is 22.2 Å². The molecule has 130 valence electrons. The second-order valence-corrected chi connectivity index (χ2v) is 7.04. The smallest absolute Gasteiger partial charge is 0.0420 e. The quantitative estimate of drug-likeness (QED) is 0.425. The second-order valence-electron chi connectivity index (χ2n) is 7.04. The Labute approximate surface area is 160 Å². The maximum Gasteiger partial charge on any atom is 0.0420 e. The molecule has 4 aromatic rings. The molecule has 5 rings (SSSR count). The molecule has 1 N–H and O–H groups in total. The Hall–Kier alpha value is -3.32. The number of hydrogen-bond donors (Lipinski definition) is 1. The maximum absolute atomic E-state index is 3.61. The van der Waals surface area contributed by atoms with Gasteiger partial charge in [0.05, 0.1) is 0 Å². The summed E-state index contributed by atoms with van der Waals surface area (Å²) < 4.78 is 0. The number of rotatable bonds is 3. The van der Waals surface area contributed by atoms with Crippen LogP contribution in [0.2, 0.25) is 0 Å². The predicted molar refractivity (Wildman–Crippen MR) is 116 cm³/mol. The minimum absolute atomic E-state index is 1.09. The highest BCUT2D eigenvalue weighted by Gasteiger charge is 2.12. The molecule has 1 aliphatic rings. The fourth-order valence-electron chi connectivity index (χ4n) is 3.97. The predicted octanol–water partition coefficient (Wildman–Crippen LogP) is 6.91. The first-order valence-corrected chi connectivity index (χ1v) is 9.52. The third-order valence-corrected chi connectivity index (χ3v) is 5.33. The summed E-state index contributed by atoms with van der Waals surface area (Å²) in [5.74, 6) is 0. The Kier molecular flexibility index (Phi) is 3.99. The van der Waals surface area contributed by atoms with Gasteiger partial charge in [0.1, 0.15) is 0 Å². The number of allylic oxidation sites excluding steroid dienone is 1. The van der Waals surface area contributed by atoms with Crippen molar-refractivity contribution in [3.05, 3.63) is 108 Å². The third kappa shape index (κ3) is 3.02. The number of hydrogen-bond acceptors (Lipinski definition) is 1. The molecule has 1 aliphatic carbocycles. The zero-order valence-corrected chi connectivity index (χ0v) is 15.2. The first-order valence-electron chi connectivity index (χ1n) is 9.52. The molecule has 0 aliphatic heterocycles. The SMILES string of the molecule is C1=C(Nc2ccc(-c3cccc4ccccc34)cc2)c2ccccc2CC1. The van der Waals surface area contributed by atoms with Crippen LogP contribution in [0.5, 0.6) is 0 Å². The molecule has 27 heavy (non-hydrogen) atoms. The number of nitrogens with one attached hydrogen (secondary N) is 1. The summed E-state index contributed by atoms with van der Waals surface area (Å²) in [5, 5.41) is 6.19. The van der Waals surface area contributed by atoms with Crippen LogP contribution in [0.1, 0.15) is 17.5 Å². The summed E-state index contributed by atoms with van der Waals surface area (Å²) in [6.45, 7) is 0. The van der Waals surface area contributed by atoms with Gasteiger partial charge in [0.2, 0.25) is 0 Å². The highest BCUT2D eigenvalue weighted by atomic mass is 14.9. The average Bonchev–Trinajstić information content (AvgIpc) is 2.74. The van der Waals surface area contributed by atoms with Gasteiger partial charge in [-0.2, -0.15) is 0 Å². The van der Waals surface area contributed by atoms with Crippen LogP contribution < -0.4 is 5.32 Å². The van der Waals surface area contributed by atoms with Crippen LogP contribution in [0.4, 0.5) is 5.69 Å². The van der Waals surface area contributed by atoms with Crippen molar-refractivity contribution in [3.8, 4) is 11.1 Å². The highest BCUT2D eigenvalue weighted by molar-refractivity contribution is 5.96. The van der Waals surface area contributed by atoms with Crippen LogP contribution in [0.3, 0.4) is 0 Å². The topological polar surface area (TPSA) is 12.0 Å². The van der Waals surface area contributed by atoms with Crippen molar-refractivity contribution in [1.82, 2.24) is 0 Å². The van der Waals surface area contributed by atoms with Crippen LogP contribution in [-0.2, 0) is 6.42 Å². The summed E-state index contributed by atoms with van der Waals surface area (Å²) in [6, 6.07) is 32.5. The van der Waals surface area contributed by atoms with Gasteiger partial charge >= 0.3 is 0 Å². The molecule has 0 heterocycles. The van der Waals surface area contributed by atoms with Gasteiger partial charge in [0, 0.05) is 16.9 Å². The largest absolute Gasteiger partial charge is 0.355 e. The molecule has 0 unspecified atom stereocenters. The molecule has 0 atom stereocenters. The zero-order valence-electron chi connectivity index (χ0n) is 15.2. The maximum atomic E-state index is 3.61. The summed E-state index contributed by atoms with van der Waals surface area (Å²) in [5.41, 5.74) is 7.62. The van der Waals surface area contributed by atoms with E-state index >= 15 is 0 Å². The van der Waals surface area contributed by atoms with Crippen molar-refractivity contribution in [2.24, 2.45) is 0 Å². The minimum atomic E-state index is 1.09. The van der Waals surface area contributed by atoms with Gasteiger partial charge in [0.15, 0.2) is 0 Å². The van der Waals surface area contributed by atoms with Crippen molar-refractivity contribution in [3.63, 3.8) is 0 Å². The van der Waals surface area contributed by atoms with Crippen LogP contribution in [0, 0.1) is 0 Å². The van der Waals surface area contributed by atoms with Gasteiger partial charge in [-0.3, -0.25) is 0 Å². The highest BCUT2D eigenvalue weighted by Crippen LogP contribution is 2.31. The molecule has 1 heteroatoms. The van der Waals surface area contributed by atoms with E-state index in [2.05, 4.69) is 102 Å². The van der Waals surface area contributed by atoms with E-state index < -0.39 is 0 Å². The molecule has 0 saturated heterocycles. The fourth-order valence-corrected chi connectivity index (χ4v) is 3.97. The molecule has 1 nitrogen and oxygen atoms in total. The van der Waals surface area contributed by atoms with E-state index in [9.17, 15) is 0 Å². The molecule has 0 bridgehead atoms. The Morgan fingerprint density at radius 2 is 1.37 bits per heavy atom.